The number of benzene rings is 2. The van der Waals surface area contributed by atoms with Crippen molar-refractivity contribution in [3.8, 4) is 5.69 Å². The second-order valence-electron chi connectivity index (χ2n) is 7.08. The third-order valence-electron chi connectivity index (χ3n) is 4.71. The van der Waals surface area contributed by atoms with E-state index < -0.39 is 28.7 Å². The molecule has 2 aromatic heterocycles. The number of nitrogens with two attached hydrogens (primary N) is 1. The minimum absolute atomic E-state index is 0. The Bertz CT molecular complexity index is 1410. The predicted molar refractivity (Wildman–Crippen MR) is 131 cm³/mol. The summed E-state index contributed by atoms with van der Waals surface area (Å²) in [4.78, 5) is 36.3. The summed E-state index contributed by atoms with van der Waals surface area (Å²) in [5, 5.41) is 6.96. The molecule has 0 atom stereocenters. The highest BCUT2D eigenvalue weighted by Gasteiger charge is 2.33. The highest BCUT2D eigenvalue weighted by Crippen LogP contribution is 2.36. The Morgan fingerprint density at radius 2 is 1.64 bits per heavy atom. The number of hydrogen-bond acceptors (Lipinski definition) is 6. The number of nitrogens with one attached hydrogen (secondary N) is 3. The van der Waals surface area contributed by atoms with E-state index in [9.17, 15) is 22.8 Å². The number of halogens is 5. The zero-order valence-corrected chi connectivity index (χ0v) is 19.6. The van der Waals surface area contributed by atoms with E-state index in [1.54, 1.807) is 28.8 Å². The lowest BCUT2D eigenvalue weighted by Crippen LogP contribution is -2.22. The number of alkyl halides is 3. The quantitative estimate of drug-likeness (QED) is 0.295. The van der Waals surface area contributed by atoms with E-state index in [1.165, 1.54) is 18.7 Å². The van der Waals surface area contributed by atoms with Crippen molar-refractivity contribution in [1.29, 1.82) is 0 Å². The topological polar surface area (TPSA) is 140 Å². The van der Waals surface area contributed by atoms with Gasteiger partial charge in [-0.15, -0.1) is 12.4 Å². The van der Waals surface area contributed by atoms with Gasteiger partial charge in [0.15, 0.2) is 17.0 Å². The maximum Gasteiger partial charge on any atom is 0.417 e. The number of imidazole rings is 1. The summed E-state index contributed by atoms with van der Waals surface area (Å²) in [7, 11) is 0. The average molecular weight is 541 g/mol. The monoisotopic (exact) mass is 540 g/mol. The molecule has 5 N–H and O–H groups in total. The van der Waals surface area contributed by atoms with Crippen LogP contribution in [-0.4, -0.2) is 38.0 Å². The van der Waals surface area contributed by atoms with E-state index in [4.69, 9.17) is 17.3 Å². The van der Waals surface area contributed by atoms with Gasteiger partial charge in [0.1, 0.15) is 12.7 Å². The van der Waals surface area contributed by atoms with Crippen LogP contribution < -0.4 is 21.7 Å². The van der Waals surface area contributed by atoms with E-state index in [0.29, 0.717) is 22.5 Å². The van der Waals surface area contributed by atoms with Gasteiger partial charge in [0.2, 0.25) is 5.91 Å². The first kappa shape index (κ1) is 26.7. The summed E-state index contributed by atoms with van der Waals surface area (Å²) in [6.45, 7) is -0.213. The minimum atomic E-state index is -4.65. The Balaban J connectivity index is 0.00000361. The van der Waals surface area contributed by atoms with Crippen LogP contribution in [0.15, 0.2) is 55.1 Å². The maximum atomic E-state index is 13.0. The number of urea groups is 1. The van der Waals surface area contributed by atoms with Gasteiger partial charge in [-0.05, 0) is 42.5 Å². The standard InChI is InChI=1S/C21H16ClF3N8O2.ClH/c22-15-6-3-12(7-14(15)21(23,24)25)31-20(35)30-11-1-4-13(5-2-11)33-10-29-17-18(32-16(34)8-26)27-9-28-19(17)33;/h1-7,9-10H,8,26H2,(H2,30,31,35)(H,27,28,32,34);1H. The highest BCUT2D eigenvalue weighted by atomic mass is 35.5. The Morgan fingerprint density at radius 3 is 2.31 bits per heavy atom. The second-order valence-corrected chi connectivity index (χ2v) is 7.49. The number of amides is 3. The fourth-order valence-electron chi connectivity index (χ4n) is 3.12. The molecule has 4 rings (SSSR count). The van der Waals surface area contributed by atoms with E-state index in [1.807, 2.05) is 0 Å². The van der Waals surface area contributed by atoms with E-state index in [2.05, 4.69) is 30.9 Å². The lowest BCUT2D eigenvalue weighted by Gasteiger charge is -2.12. The van der Waals surface area contributed by atoms with Crippen molar-refractivity contribution >= 4 is 64.3 Å². The van der Waals surface area contributed by atoms with E-state index in [0.717, 1.165) is 12.1 Å². The number of rotatable bonds is 5. The number of hydrogen-bond donors (Lipinski definition) is 4. The Morgan fingerprint density at radius 1 is 0.972 bits per heavy atom. The van der Waals surface area contributed by atoms with Crippen molar-refractivity contribution in [2.45, 2.75) is 6.18 Å². The van der Waals surface area contributed by atoms with Crippen LogP contribution in [0.4, 0.5) is 35.2 Å². The number of aromatic nitrogens is 4. The van der Waals surface area contributed by atoms with Crippen LogP contribution in [0.25, 0.3) is 16.9 Å². The van der Waals surface area contributed by atoms with Gasteiger partial charge in [-0.2, -0.15) is 13.2 Å². The van der Waals surface area contributed by atoms with Crippen LogP contribution in [0.2, 0.25) is 5.02 Å². The van der Waals surface area contributed by atoms with Gasteiger partial charge >= 0.3 is 12.2 Å². The first-order valence-corrected chi connectivity index (χ1v) is 10.3. The number of carbonyl (C=O) groups is 2. The van der Waals surface area contributed by atoms with Crippen molar-refractivity contribution < 1.29 is 22.8 Å². The molecule has 4 aromatic rings. The molecule has 0 bridgehead atoms. The molecule has 2 aromatic carbocycles. The molecule has 0 spiro atoms. The number of fused-ring (bicyclic) bond motifs is 1. The molecular weight excluding hydrogens is 524 g/mol. The summed E-state index contributed by atoms with van der Waals surface area (Å²) in [6, 6.07) is 8.83. The molecule has 0 saturated heterocycles. The molecule has 0 unspecified atom stereocenters. The van der Waals surface area contributed by atoms with Crippen molar-refractivity contribution in [2.75, 3.05) is 22.5 Å². The molecule has 2 heterocycles. The Labute approximate surface area is 212 Å². The minimum Gasteiger partial charge on any atom is -0.322 e. The number of anilines is 3. The van der Waals surface area contributed by atoms with Crippen LogP contribution in [0.5, 0.6) is 0 Å². The van der Waals surface area contributed by atoms with Crippen molar-refractivity contribution in [3.05, 3.63) is 65.7 Å². The van der Waals surface area contributed by atoms with Gasteiger partial charge in [0, 0.05) is 17.1 Å². The zero-order valence-electron chi connectivity index (χ0n) is 18.0. The maximum absolute atomic E-state index is 13.0. The van der Waals surface area contributed by atoms with Crippen molar-refractivity contribution in [1.82, 2.24) is 19.5 Å². The van der Waals surface area contributed by atoms with E-state index in [-0.39, 0.29) is 30.5 Å². The predicted octanol–water partition coefficient (Wildman–Crippen LogP) is 4.45. The second kappa shape index (κ2) is 10.8. The fourth-order valence-corrected chi connectivity index (χ4v) is 3.34. The first-order chi connectivity index (χ1) is 16.7. The molecule has 36 heavy (non-hydrogen) atoms. The molecule has 0 aliphatic heterocycles. The lowest BCUT2D eigenvalue weighted by atomic mass is 10.2. The SMILES string of the molecule is Cl.NCC(=O)Nc1ncnc2c1ncn2-c1ccc(NC(=O)Nc2ccc(Cl)c(C(F)(F)F)c2)cc1. The van der Waals surface area contributed by atoms with Gasteiger partial charge < -0.3 is 21.7 Å². The number of nitrogens with zero attached hydrogens (tertiary/aromatic N) is 4. The van der Waals surface area contributed by atoms with Gasteiger partial charge in [0.05, 0.1) is 17.1 Å². The van der Waals surface area contributed by atoms with Crippen LogP contribution in [0.3, 0.4) is 0 Å². The summed E-state index contributed by atoms with van der Waals surface area (Å²) in [5.41, 5.74) is 6.00. The largest absolute Gasteiger partial charge is 0.417 e. The van der Waals surface area contributed by atoms with Crippen LogP contribution >= 0.6 is 24.0 Å². The molecule has 0 radical (unpaired) electrons. The van der Waals surface area contributed by atoms with Crippen LogP contribution in [-0.2, 0) is 11.0 Å². The zero-order chi connectivity index (χ0) is 25.2. The third kappa shape index (κ3) is 5.82. The van der Waals surface area contributed by atoms with Crippen molar-refractivity contribution in [3.63, 3.8) is 0 Å². The molecule has 3 amide bonds. The van der Waals surface area contributed by atoms with Crippen LogP contribution in [0, 0.1) is 0 Å². The summed E-state index contributed by atoms with van der Waals surface area (Å²) >= 11 is 5.59. The van der Waals surface area contributed by atoms with Gasteiger partial charge in [-0.1, -0.05) is 11.6 Å². The van der Waals surface area contributed by atoms with Crippen molar-refractivity contribution in [2.24, 2.45) is 5.73 Å². The van der Waals surface area contributed by atoms with Gasteiger partial charge in [-0.3, -0.25) is 9.36 Å². The molecule has 0 aliphatic carbocycles. The molecule has 188 valence electrons. The third-order valence-corrected chi connectivity index (χ3v) is 5.04. The molecular formula is C21H17Cl2F3N8O2. The normalized spacial score (nSPS) is 11.0. The summed E-state index contributed by atoms with van der Waals surface area (Å²) < 4.78 is 40.7. The summed E-state index contributed by atoms with van der Waals surface area (Å²) in [6.07, 6.45) is -1.89. The van der Waals surface area contributed by atoms with Crippen LogP contribution in [0.1, 0.15) is 5.56 Å². The van der Waals surface area contributed by atoms with E-state index >= 15 is 0 Å². The van der Waals surface area contributed by atoms with Gasteiger partial charge in [-0.25, -0.2) is 19.7 Å². The number of carbonyl (C=O) groups excluding carboxylic acids is 2. The highest BCUT2D eigenvalue weighted by molar-refractivity contribution is 6.31. The molecule has 0 aliphatic rings. The first-order valence-electron chi connectivity index (χ1n) is 9.89. The summed E-state index contributed by atoms with van der Waals surface area (Å²) in [5.74, 6) is -0.212. The lowest BCUT2D eigenvalue weighted by molar-refractivity contribution is -0.137. The molecule has 15 heteroatoms. The molecule has 10 nitrogen and oxygen atoms in total. The Kier molecular flexibility index (Phi) is 7.97. The smallest absolute Gasteiger partial charge is 0.322 e. The van der Waals surface area contributed by atoms with Gasteiger partial charge in [0.25, 0.3) is 0 Å². The fraction of sp³-hybridized carbons (Fsp3) is 0.0952. The Hall–Kier alpha value is -3.94. The molecule has 0 fully saturated rings. The molecule has 0 saturated carbocycles. The average Bonchev–Trinajstić information content (AvgIpc) is 3.25.